The third kappa shape index (κ3) is 4.71. The number of aromatic amines is 1. The maximum absolute atomic E-state index is 12.7. The molecule has 0 fully saturated rings. The molecule has 1 atom stereocenters. The molecule has 0 saturated heterocycles. The molecule has 6 heteroatoms. The Kier molecular flexibility index (Phi) is 5.99. The van der Waals surface area contributed by atoms with Gasteiger partial charge in [-0.2, -0.15) is 0 Å². The van der Waals surface area contributed by atoms with Gasteiger partial charge in [-0.3, -0.25) is 0 Å². The van der Waals surface area contributed by atoms with Gasteiger partial charge in [0.25, 0.3) is 0 Å². The van der Waals surface area contributed by atoms with Gasteiger partial charge in [-0.15, -0.1) is 0 Å². The van der Waals surface area contributed by atoms with Gasteiger partial charge in [0.05, 0.1) is 0 Å². The van der Waals surface area contributed by atoms with Crippen molar-refractivity contribution in [3.63, 3.8) is 0 Å². The molecule has 0 aliphatic rings. The van der Waals surface area contributed by atoms with Crippen LogP contribution < -0.4 is 10.6 Å². The highest BCUT2D eigenvalue weighted by molar-refractivity contribution is 5.86. The van der Waals surface area contributed by atoms with Crippen molar-refractivity contribution in [2.75, 3.05) is 7.05 Å². The molecule has 0 spiro atoms. The fourth-order valence-corrected chi connectivity index (χ4v) is 3.35. The van der Waals surface area contributed by atoms with Crippen LogP contribution in [0, 0.1) is 13.8 Å². The average molecular weight is 379 g/mol. The Morgan fingerprint density at radius 2 is 1.82 bits per heavy atom. The molecule has 0 radical (unpaired) electrons. The number of esters is 1. The van der Waals surface area contributed by atoms with Gasteiger partial charge >= 0.3 is 12.0 Å². The number of fused-ring (bicyclic) bond motifs is 1. The topological polar surface area (TPSA) is 83.2 Å². The van der Waals surface area contributed by atoms with Crippen LogP contribution in [0.1, 0.15) is 22.3 Å². The van der Waals surface area contributed by atoms with Crippen molar-refractivity contribution in [1.29, 1.82) is 0 Å². The van der Waals surface area contributed by atoms with Crippen molar-refractivity contribution < 1.29 is 14.3 Å². The molecular weight excluding hydrogens is 354 g/mol. The van der Waals surface area contributed by atoms with E-state index in [2.05, 4.69) is 21.7 Å². The van der Waals surface area contributed by atoms with E-state index in [1.807, 2.05) is 56.4 Å². The molecule has 3 N–H and O–H groups in total. The second-order valence-corrected chi connectivity index (χ2v) is 6.94. The predicted octanol–water partition coefficient (Wildman–Crippen LogP) is 3.37. The number of aromatic nitrogens is 1. The maximum atomic E-state index is 12.7. The van der Waals surface area contributed by atoms with Crippen LogP contribution in [0.2, 0.25) is 0 Å². The van der Waals surface area contributed by atoms with E-state index in [0.29, 0.717) is 6.42 Å². The van der Waals surface area contributed by atoms with E-state index in [9.17, 15) is 9.59 Å². The monoisotopic (exact) mass is 379 g/mol. The van der Waals surface area contributed by atoms with E-state index < -0.39 is 18.0 Å². The minimum Gasteiger partial charge on any atom is -0.459 e. The Hall–Kier alpha value is -3.28. The summed E-state index contributed by atoms with van der Waals surface area (Å²) >= 11 is 0. The Morgan fingerprint density at radius 3 is 2.54 bits per heavy atom. The Labute approximate surface area is 164 Å². The summed E-state index contributed by atoms with van der Waals surface area (Å²) in [7, 11) is 1.51. The van der Waals surface area contributed by atoms with Crippen molar-refractivity contribution in [1.82, 2.24) is 15.6 Å². The van der Waals surface area contributed by atoms with Crippen LogP contribution in [0.3, 0.4) is 0 Å². The van der Waals surface area contributed by atoms with Crippen molar-refractivity contribution in [3.05, 3.63) is 70.9 Å². The standard InChI is InChI=1S/C22H25N3O3/c1-14-8-15(2)10-16(9-14)13-28-21(26)20(25-22(27)23-3)11-17-12-24-19-7-5-4-6-18(17)19/h4-10,12,20,24H,11,13H2,1-3H3,(H2,23,25,27)/t20-/m0/s1. The fourth-order valence-electron chi connectivity index (χ4n) is 3.35. The SMILES string of the molecule is CNC(=O)N[C@@H](Cc1c[nH]c2ccccc12)C(=O)OCc1cc(C)cc(C)c1. The molecule has 1 heterocycles. The van der Waals surface area contributed by atoms with Crippen LogP contribution in [-0.4, -0.2) is 30.1 Å². The van der Waals surface area contributed by atoms with E-state index in [1.165, 1.54) is 7.05 Å². The number of carbonyl (C=O) groups excluding carboxylic acids is 2. The van der Waals surface area contributed by atoms with E-state index in [1.54, 1.807) is 0 Å². The van der Waals surface area contributed by atoms with E-state index >= 15 is 0 Å². The molecule has 0 bridgehead atoms. The summed E-state index contributed by atoms with van der Waals surface area (Å²) in [5.41, 5.74) is 5.09. The van der Waals surface area contributed by atoms with Crippen molar-refractivity contribution >= 4 is 22.9 Å². The van der Waals surface area contributed by atoms with Gasteiger partial charge < -0.3 is 20.4 Å². The number of carbonyl (C=O) groups is 2. The third-order valence-electron chi connectivity index (χ3n) is 4.58. The minimum atomic E-state index is -0.787. The highest BCUT2D eigenvalue weighted by Crippen LogP contribution is 2.19. The maximum Gasteiger partial charge on any atom is 0.329 e. The van der Waals surface area contributed by atoms with Crippen LogP contribution in [0.5, 0.6) is 0 Å². The van der Waals surface area contributed by atoms with Gasteiger partial charge in [0, 0.05) is 30.6 Å². The molecule has 0 saturated carbocycles. The molecule has 2 amide bonds. The summed E-state index contributed by atoms with van der Waals surface area (Å²) in [5, 5.41) is 6.20. The molecule has 146 valence electrons. The number of benzene rings is 2. The number of amides is 2. The van der Waals surface area contributed by atoms with Gasteiger partial charge in [-0.05, 0) is 31.0 Å². The molecule has 28 heavy (non-hydrogen) atoms. The first-order chi connectivity index (χ1) is 13.5. The molecular formula is C22H25N3O3. The Bertz CT molecular complexity index is 973. The molecule has 6 nitrogen and oxygen atoms in total. The number of ether oxygens (including phenoxy) is 1. The van der Waals surface area contributed by atoms with Crippen LogP contribution in [0.25, 0.3) is 10.9 Å². The van der Waals surface area contributed by atoms with Crippen LogP contribution in [0.4, 0.5) is 4.79 Å². The van der Waals surface area contributed by atoms with Crippen LogP contribution >= 0.6 is 0 Å². The number of para-hydroxylation sites is 1. The van der Waals surface area contributed by atoms with Crippen molar-refractivity contribution in [2.45, 2.75) is 32.9 Å². The second-order valence-electron chi connectivity index (χ2n) is 6.94. The first-order valence-electron chi connectivity index (χ1n) is 9.23. The number of urea groups is 1. The quantitative estimate of drug-likeness (QED) is 0.574. The summed E-state index contributed by atoms with van der Waals surface area (Å²) in [6.45, 7) is 4.18. The number of aryl methyl sites for hydroxylation is 2. The molecule has 0 aliphatic carbocycles. The number of hydrogen-bond donors (Lipinski definition) is 3. The summed E-state index contributed by atoms with van der Waals surface area (Å²) in [5.74, 6) is -0.465. The fraction of sp³-hybridized carbons (Fsp3) is 0.273. The van der Waals surface area contributed by atoms with E-state index in [4.69, 9.17) is 4.74 Å². The van der Waals surface area contributed by atoms with Crippen LogP contribution in [-0.2, 0) is 22.6 Å². The third-order valence-corrected chi connectivity index (χ3v) is 4.58. The Balaban J connectivity index is 1.74. The lowest BCUT2D eigenvalue weighted by Crippen LogP contribution is -2.46. The zero-order valence-electron chi connectivity index (χ0n) is 16.3. The van der Waals surface area contributed by atoms with Crippen molar-refractivity contribution in [3.8, 4) is 0 Å². The number of hydrogen-bond acceptors (Lipinski definition) is 3. The Morgan fingerprint density at radius 1 is 1.11 bits per heavy atom. The van der Waals surface area contributed by atoms with E-state index in [-0.39, 0.29) is 6.61 Å². The summed E-state index contributed by atoms with van der Waals surface area (Å²) in [6.07, 6.45) is 2.20. The van der Waals surface area contributed by atoms with Crippen LogP contribution in [0.15, 0.2) is 48.7 Å². The lowest BCUT2D eigenvalue weighted by atomic mass is 10.0. The lowest BCUT2D eigenvalue weighted by Gasteiger charge is -2.17. The highest BCUT2D eigenvalue weighted by atomic mass is 16.5. The average Bonchev–Trinajstić information content (AvgIpc) is 3.07. The summed E-state index contributed by atoms with van der Waals surface area (Å²) in [6, 6.07) is 12.7. The smallest absolute Gasteiger partial charge is 0.329 e. The summed E-state index contributed by atoms with van der Waals surface area (Å²) in [4.78, 5) is 27.8. The van der Waals surface area contributed by atoms with Crippen molar-refractivity contribution in [2.24, 2.45) is 0 Å². The zero-order chi connectivity index (χ0) is 20.1. The molecule has 3 rings (SSSR count). The van der Waals surface area contributed by atoms with Gasteiger partial charge in [0.1, 0.15) is 12.6 Å². The summed E-state index contributed by atoms with van der Waals surface area (Å²) < 4.78 is 5.51. The minimum absolute atomic E-state index is 0.168. The number of H-pyrrole nitrogens is 1. The molecule has 0 unspecified atom stereocenters. The molecule has 0 aliphatic heterocycles. The van der Waals surface area contributed by atoms with Gasteiger partial charge in [0.15, 0.2) is 0 Å². The van der Waals surface area contributed by atoms with Gasteiger partial charge in [0.2, 0.25) is 0 Å². The van der Waals surface area contributed by atoms with Gasteiger partial charge in [-0.25, -0.2) is 9.59 Å². The first kappa shape index (κ1) is 19.5. The lowest BCUT2D eigenvalue weighted by molar-refractivity contribution is -0.147. The molecule has 1 aromatic heterocycles. The molecule has 3 aromatic rings. The molecule has 2 aromatic carbocycles. The largest absolute Gasteiger partial charge is 0.459 e. The second kappa shape index (κ2) is 8.61. The van der Waals surface area contributed by atoms with Gasteiger partial charge in [-0.1, -0.05) is 47.5 Å². The number of rotatable bonds is 6. The zero-order valence-corrected chi connectivity index (χ0v) is 16.3. The normalized spacial score (nSPS) is 11.8. The first-order valence-corrected chi connectivity index (χ1v) is 9.23. The predicted molar refractivity (Wildman–Crippen MR) is 109 cm³/mol. The number of nitrogens with one attached hydrogen (secondary N) is 3. The van der Waals surface area contributed by atoms with E-state index in [0.717, 1.165) is 33.2 Å². The highest BCUT2D eigenvalue weighted by Gasteiger charge is 2.24.